The van der Waals surface area contributed by atoms with E-state index in [1.165, 1.54) is 37.7 Å². The lowest BCUT2D eigenvalue weighted by atomic mass is 10.0. The molecular weight excluding hydrogens is 152 g/mol. The second-order valence-corrected chi connectivity index (χ2v) is 3.82. The molecule has 0 saturated heterocycles. The van der Waals surface area contributed by atoms with Crippen LogP contribution in [0.4, 0.5) is 0 Å². The Kier molecular flexibility index (Phi) is 2.47. The van der Waals surface area contributed by atoms with E-state index < -0.39 is 0 Å². The highest BCUT2D eigenvalue weighted by atomic mass is 17.1. The number of allylic oxidation sites excluding steroid dienone is 1. The molecule has 2 heteroatoms. The van der Waals surface area contributed by atoms with Crippen LogP contribution in [0.1, 0.15) is 44.9 Å². The van der Waals surface area contributed by atoms with Crippen molar-refractivity contribution in [2.24, 2.45) is 0 Å². The van der Waals surface area contributed by atoms with Crippen LogP contribution in [0.15, 0.2) is 11.1 Å². The highest BCUT2D eigenvalue weighted by molar-refractivity contribution is 5.23. The second kappa shape index (κ2) is 3.58. The topological polar surface area (TPSA) is 29.5 Å². The first-order valence-electron chi connectivity index (χ1n) is 4.93. The largest absolute Gasteiger partial charge is 0.251 e. The molecular formula is C10H16O2. The smallest absolute Gasteiger partial charge is 0.114 e. The first-order chi connectivity index (χ1) is 5.92. The Morgan fingerprint density at radius 3 is 2.50 bits per heavy atom. The van der Waals surface area contributed by atoms with Crippen molar-refractivity contribution < 1.29 is 10.1 Å². The lowest BCUT2D eigenvalue weighted by Gasteiger charge is -2.10. The summed E-state index contributed by atoms with van der Waals surface area (Å²) < 4.78 is 0. The van der Waals surface area contributed by atoms with E-state index in [9.17, 15) is 0 Å². The summed E-state index contributed by atoms with van der Waals surface area (Å²) in [6.07, 6.45) is 8.54. The van der Waals surface area contributed by atoms with Gasteiger partial charge in [0, 0.05) is 0 Å². The molecule has 0 amide bonds. The summed E-state index contributed by atoms with van der Waals surface area (Å²) in [5.74, 6) is 0. The minimum atomic E-state index is 0.0399. The van der Waals surface area contributed by atoms with Crippen molar-refractivity contribution in [1.82, 2.24) is 0 Å². The molecule has 0 aromatic carbocycles. The van der Waals surface area contributed by atoms with Gasteiger partial charge in [0.2, 0.25) is 0 Å². The van der Waals surface area contributed by atoms with Crippen LogP contribution in [0.2, 0.25) is 0 Å². The Morgan fingerprint density at radius 1 is 1.08 bits per heavy atom. The van der Waals surface area contributed by atoms with Gasteiger partial charge in [0.15, 0.2) is 0 Å². The minimum absolute atomic E-state index is 0.0399. The molecule has 0 spiro atoms. The Hall–Kier alpha value is -0.340. The molecule has 2 rings (SSSR count). The zero-order chi connectivity index (χ0) is 8.39. The Bertz CT molecular complexity index is 188. The molecule has 2 aliphatic carbocycles. The highest BCUT2D eigenvalue weighted by Gasteiger charge is 2.25. The summed E-state index contributed by atoms with van der Waals surface area (Å²) in [6.45, 7) is 0. The maximum atomic E-state index is 8.66. The quantitative estimate of drug-likeness (QED) is 0.370. The maximum absolute atomic E-state index is 8.66. The highest BCUT2D eigenvalue weighted by Crippen LogP contribution is 2.36. The van der Waals surface area contributed by atoms with Crippen LogP contribution in [-0.4, -0.2) is 11.4 Å². The molecule has 2 fully saturated rings. The summed E-state index contributed by atoms with van der Waals surface area (Å²) in [4.78, 5) is 4.48. The molecule has 2 nitrogen and oxygen atoms in total. The van der Waals surface area contributed by atoms with Crippen molar-refractivity contribution in [3.05, 3.63) is 11.1 Å². The third-order valence-electron chi connectivity index (χ3n) is 3.09. The Labute approximate surface area is 73.2 Å². The van der Waals surface area contributed by atoms with Gasteiger partial charge in [-0.2, -0.15) is 0 Å². The fraction of sp³-hybridized carbons (Fsp3) is 0.800. The molecule has 0 radical (unpaired) electrons. The van der Waals surface area contributed by atoms with Gasteiger partial charge in [-0.3, -0.25) is 5.26 Å². The second-order valence-electron chi connectivity index (χ2n) is 3.82. The van der Waals surface area contributed by atoms with Crippen molar-refractivity contribution in [2.45, 2.75) is 51.0 Å². The van der Waals surface area contributed by atoms with Gasteiger partial charge in [-0.1, -0.05) is 5.57 Å². The lowest BCUT2D eigenvalue weighted by Crippen LogP contribution is -2.08. The van der Waals surface area contributed by atoms with Crippen molar-refractivity contribution in [1.29, 1.82) is 0 Å². The van der Waals surface area contributed by atoms with Crippen molar-refractivity contribution in [3.8, 4) is 0 Å². The standard InChI is InChI=1S/C10H16O2/c11-12-10-7-3-6-9(10)8-4-1-2-5-8/h10-11H,1-7H2. The molecule has 2 saturated carbocycles. The molecule has 1 N–H and O–H groups in total. The van der Waals surface area contributed by atoms with Gasteiger partial charge in [0.25, 0.3) is 0 Å². The monoisotopic (exact) mass is 168 g/mol. The van der Waals surface area contributed by atoms with E-state index >= 15 is 0 Å². The van der Waals surface area contributed by atoms with Gasteiger partial charge in [0.1, 0.15) is 6.10 Å². The van der Waals surface area contributed by atoms with Crippen LogP contribution in [0, 0.1) is 0 Å². The van der Waals surface area contributed by atoms with Crippen molar-refractivity contribution >= 4 is 0 Å². The maximum Gasteiger partial charge on any atom is 0.114 e. The number of hydrogen-bond donors (Lipinski definition) is 1. The molecule has 0 bridgehead atoms. The predicted molar refractivity (Wildman–Crippen MR) is 46.8 cm³/mol. The summed E-state index contributed by atoms with van der Waals surface area (Å²) in [5, 5.41) is 8.66. The molecule has 68 valence electrons. The number of hydrogen-bond acceptors (Lipinski definition) is 2. The van der Waals surface area contributed by atoms with Crippen LogP contribution in [-0.2, 0) is 4.89 Å². The van der Waals surface area contributed by atoms with E-state index in [1.54, 1.807) is 5.57 Å². The first-order valence-corrected chi connectivity index (χ1v) is 4.93. The fourth-order valence-corrected chi connectivity index (χ4v) is 2.46. The minimum Gasteiger partial charge on any atom is -0.251 e. The molecule has 0 heterocycles. The summed E-state index contributed by atoms with van der Waals surface area (Å²) in [6, 6.07) is 0. The normalized spacial score (nSPS) is 30.2. The van der Waals surface area contributed by atoms with Crippen molar-refractivity contribution in [2.75, 3.05) is 0 Å². The molecule has 1 atom stereocenters. The summed E-state index contributed by atoms with van der Waals surface area (Å²) >= 11 is 0. The zero-order valence-corrected chi connectivity index (χ0v) is 7.38. The average molecular weight is 168 g/mol. The molecule has 2 aliphatic rings. The molecule has 0 aromatic rings. The zero-order valence-electron chi connectivity index (χ0n) is 7.38. The van der Waals surface area contributed by atoms with Crippen LogP contribution in [0.3, 0.4) is 0 Å². The van der Waals surface area contributed by atoms with Crippen LogP contribution < -0.4 is 0 Å². The Morgan fingerprint density at radius 2 is 1.83 bits per heavy atom. The molecule has 1 unspecified atom stereocenters. The van der Waals surface area contributed by atoms with E-state index in [2.05, 4.69) is 4.89 Å². The van der Waals surface area contributed by atoms with E-state index in [0.717, 1.165) is 12.8 Å². The van der Waals surface area contributed by atoms with E-state index in [-0.39, 0.29) is 6.10 Å². The van der Waals surface area contributed by atoms with E-state index in [1.807, 2.05) is 0 Å². The van der Waals surface area contributed by atoms with Crippen LogP contribution in [0.25, 0.3) is 0 Å². The first kappa shape index (κ1) is 8.27. The van der Waals surface area contributed by atoms with Gasteiger partial charge in [-0.15, -0.1) is 0 Å². The molecule has 12 heavy (non-hydrogen) atoms. The number of rotatable bonds is 1. The van der Waals surface area contributed by atoms with Crippen molar-refractivity contribution in [3.63, 3.8) is 0 Å². The SMILES string of the molecule is OOC1CCCC1=C1CCCC1. The van der Waals surface area contributed by atoms with Crippen LogP contribution in [0.5, 0.6) is 0 Å². The summed E-state index contributed by atoms with van der Waals surface area (Å²) in [7, 11) is 0. The predicted octanol–water partition coefficient (Wildman–Crippen LogP) is 2.90. The van der Waals surface area contributed by atoms with Gasteiger partial charge < -0.3 is 0 Å². The van der Waals surface area contributed by atoms with Gasteiger partial charge in [-0.25, -0.2) is 4.89 Å². The van der Waals surface area contributed by atoms with Crippen LogP contribution >= 0.6 is 0 Å². The third-order valence-corrected chi connectivity index (χ3v) is 3.09. The lowest BCUT2D eigenvalue weighted by molar-refractivity contribution is -0.266. The third kappa shape index (κ3) is 1.41. The fourth-order valence-electron chi connectivity index (χ4n) is 2.46. The van der Waals surface area contributed by atoms with E-state index in [4.69, 9.17) is 5.26 Å². The molecule has 0 aromatic heterocycles. The average Bonchev–Trinajstić information content (AvgIpc) is 2.74. The van der Waals surface area contributed by atoms with Gasteiger partial charge in [-0.05, 0) is 50.5 Å². The summed E-state index contributed by atoms with van der Waals surface area (Å²) in [5.41, 5.74) is 2.99. The van der Waals surface area contributed by atoms with Gasteiger partial charge in [0.05, 0.1) is 0 Å². The van der Waals surface area contributed by atoms with Gasteiger partial charge >= 0.3 is 0 Å². The molecule has 0 aliphatic heterocycles. The Balaban J connectivity index is 2.14. The van der Waals surface area contributed by atoms with E-state index in [0.29, 0.717) is 0 Å².